The van der Waals surface area contributed by atoms with Gasteiger partial charge in [0.05, 0.1) is 5.69 Å². The fourth-order valence-electron chi connectivity index (χ4n) is 0.916. The molecule has 0 saturated heterocycles. The number of halogens is 2. The Hall–Kier alpha value is -0.900. The second kappa shape index (κ2) is 3.23. The summed E-state index contributed by atoms with van der Waals surface area (Å²) in [6, 6.07) is 0. The predicted molar refractivity (Wildman–Crippen MR) is 51.1 cm³/mol. The molecule has 0 N–H and O–H groups in total. The SMILES string of the molecule is C=Cc1c(C(=C)F)nc(Br)n1C. The molecule has 0 bridgehead atoms. The third-order valence-electron chi connectivity index (χ3n) is 1.54. The molecule has 64 valence electrons. The molecule has 0 radical (unpaired) electrons. The Morgan fingerprint density at radius 2 is 2.33 bits per heavy atom. The van der Waals surface area contributed by atoms with E-state index < -0.39 is 5.83 Å². The Bertz CT molecular complexity index is 341. The molecular formula is C8H8BrFN2. The van der Waals surface area contributed by atoms with Crippen molar-refractivity contribution in [1.82, 2.24) is 9.55 Å². The zero-order valence-corrected chi connectivity index (χ0v) is 8.23. The lowest BCUT2D eigenvalue weighted by Crippen LogP contribution is -1.91. The first-order valence-corrected chi connectivity index (χ1v) is 4.06. The van der Waals surface area contributed by atoms with Crippen molar-refractivity contribution in [3.8, 4) is 0 Å². The molecule has 0 aliphatic rings. The van der Waals surface area contributed by atoms with Crippen molar-refractivity contribution in [1.29, 1.82) is 0 Å². The summed E-state index contributed by atoms with van der Waals surface area (Å²) in [6.45, 7) is 6.74. The Morgan fingerprint density at radius 3 is 2.67 bits per heavy atom. The van der Waals surface area contributed by atoms with E-state index >= 15 is 0 Å². The van der Waals surface area contributed by atoms with Gasteiger partial charge in [-0.15, -0.1) is 0 Å². The van der Waals surface area contributed by atoms with Crippen LogP contribution in [0.2, 0.25) is 0 Å². The molecule has 1 heterocycles. The fourth-order valence-corrected chi connectivity index (χ4v) is 1.28. The van der Waals surface area contributed by atoms with Gasteiger partial charge in [-0.25, -0.2) is 9.37 Å². The first-order valence-electron chi connectivity index (χ1n) is 3.27. The van der Waals surface area contributed by atoms with E-state index in [9.17, 15) is 4.39 Å². The van der Waals surface area contributed by atoms with Gasteiger partial charge in [0, 0.05) is 7.05 Å². The molecule has 2 nitrogen and oxygen atoms in total. The highest BCUT2D eigenvalue weighted by Gasteiger charge is 2.12. The molecule has 12 heavy (non-hydrogen) atoms. The van der Waals surface area contributed by atoms with Crippen molar-refractivity contribution in [3.63, 3.8) is 0 Å². The van der Waals surface area contributed by atoms with Gasteiger partial charge in [0.1, 0.15) is 11.5 Å². The Labute approximate surface area is 78.5 Å². The van der Waals surface area contributed by atoms with Gasteiger partial charge in [-0.1, -0.05) is 13.2 Å². The number of aromatic nitrogens is 2. The molecule has 1 rings (SSSR count). The summed E-state index contributed by atoms with van der Waals surface area (Å²) in [6.07, 6.45) is 1.54. The minimum atomic E-state index is -0.550. The minimum absolute atomic E-state index is 0.236. The fraction of sp³-hybridized carbons (Fsp3) is 0.125. The summed E-state index contributed by atoms with van der Waals surface area (Å²) in [7, 11) is 1.76. The van der Waals surface area contributed by atoms with Crippen LogP contribution >= 0.6 is 15.9 Å². The zero-order chi connectivity index (χ0) is 9.30. The summed E-state index contributed by atoms with van der Waals surface area (Å²) in [4.78, 5) is 3.91. The maximum absolute atomic E-state index is 12.7. The highest BCUT2D eigenvalue weighted by atomic mass is 79.9. The van der Waals surface area contributed by atoms with Crippen LogP contribution in [0.3, 0.4) is 0 Å². The monoisotopic (exact) mass is 230 g/mol. The topological polar surface area (TPSA) is 17.8 Å². The molecule has 0 aliphatic carbocycles. The molecule has 0 amide bonds. The van der Waals surface area contributed by atoms with Crippen LogP contribution in [0.5, 0.6) is 0 Å². The van der Waals surface area contributed by atoms with Gasteiger partial charge in [0.25, 0.3) is 0 Å². The second-order valence-electron chi connectivity index (χ2n) is 2.28. The first-order chi connectivity index (χ1) is 5.57. The molecule has 0 atom stereocenters. The van der Waals surface area contributed by atoms with Crippen LogP contribution in [0.15, 0.2) is 17.9 Å². The van der Waals surface area contributed by atoms with Crippen molar-refractivity contribution in [2.24, 2.45) is 7.05 Å². The Balaban J connectivity index is 3.39. The Kier molecular flexibility index (Phi) is 2.47. The molecule has 0 unspecified atom stereocenters. The van der Waals surface area contributed by atoms with Crippen LogP contribution in [0, 0.1) is 0 Å². The normalized spacial score (nSPS) is 9.92. The van der Waals surface area contributed by atoms with E-state index in [0.29, 0.717) is 10.4 Å². The molecule has 0 fully saturated rings. The molecule has 0 saturated carbocycles. The Morgan fingerprint density at radius 1 is 1.75 bits per heavy atom. The third-order valence-corrected chi connectivity index (χ3v) is 2.24. The van der Waals surface area contributed by atoms with E-state index in [1.165, 1.54) is 6.08 Å². The van der Waals surface area contributed by atoms with Crippen molar-refractivity contribution in [3.05, 3.63) is 29.3 Å². The van der Waals surface area contributed by atoms with Crippen molar-refractivity contribution in [2.45, 2.75) is 0 Å². The van der Waals surface area contributed by atoms with E-state index in [2.05, 4.69) is 34.1 Å². The zero-order valence-electron chi connectivity index (χ0n) is 6.64. The number of rotatable bonds is 2. The van der Waals surface area contributed by atoms with E-state index in [-0.39, 0.29) is 5.69 Å². The lowest BCUT2D eigenvalue weighted by atomic mass is 10.3. The number of hydrogen-bond donors (Lipinski definition) is 0. The summed E-state index contributed by atoms with van der Waals surface area (Å²) in [5, 5.41) is 0. The first kappa shape index (κ1) is 9.19. The van der Waals surface area contributed by atoms with Gasteiger partial charge >= 0.3 is 0 Å². The number of hydrogen-bond acceptors (Lipinski definition) is 1. The van der Waals surface area contributed by atoms with Crippen LogP contribution in [-0.4, -0.2) is 9.55 Å². The van der Waals surface area contributed by atoms with Crippen LogP contribution in [0.1, 0.15) is 11.4 Å². The predicted octanol–water partition coefficient (Wildman–Crippen LogP) is 2.77. The minimum Gasteiger partial charge on any atom is -0.322 e. The summed E-state index contributed by atoms with van der Waals surface area (Å²) < 4.78 is 15.0. The molecule has 1 aromatic rings. The van der Waals surface area contributed by atoms with Crippen molar-refractivity contribution < 1.29 is 4.39 Å². The van der Waals surface area contributed by atoms with Gasteiger partial charge in [0.15, 0.2) is 4.73 Å². The molecule has 0 spiro atoms. The maximum Gasteiger partial charge on any atom is 0.177 e. The second-order valence-corrected chi connectivity index (χ2v) is 2.99. The summed E-state index contributed by atoms with van der Waals surface area (Å²) >= 11 is 3.17. The largest absolute Gasteiger partial charge is 0.322 e. The highest BCUT2D eigenvalue weighted by Crippen LogP contribution is 2.22. The van der Waals surface area contributed by atoms with Crippen molar-refractivity contribution in [2.75, 3.05) is 0 Å². The molecule has 0 aliphatic heterocycles. The average Bonchev–Trinajstić information content (AvgIpc) is 2.29. The van der Waals surface area contributed by atoms with Crippen LogP contribution in [-0.2, 0) is 7.05 Å². The standard InChI is InChI=1S/C8H8BrFN2/c1-4-6-7(5(2)10)11-8(9)12(6)3/h4H,1-2H2,3H3. The average molecular weight is 231 g/mol. The van der Waals surface area contributed by atoms with Crippen molar-refractivity contribution >= 4 is 27.8 Å². The van der Waals surface area contributed by atoms with Gasteiger partial charge in [-0.05, 0) is 22.0 Å². The highest BCUT2D eigenvalue weighted by molar-refractivity contribution is 9.10. The van der Waals surface area contributed by atoms with E-state index in [1.807, 2.05) is 0 Å². The third kappa shape index (κ3) is 1.34. The van der Waals surface area contributed by atoms with Crippen LogP contribution in [0.25, 0.3) is 11.9 Å². The smallest absolute Gasteiger partial charge is 0.177 e. The number of nitrogens with zero attached hydrogens (tertiary/aromatic N) is 2. The lowest BCUT2D eigenvalue weighted by molar-refractivity contribution is 0.756. The number of imidazole rings is 1. The summed E-state index contributed by atoms with van der Waals surface area (Å²) in [5.41, 5.74) is 0.855. The maximum atomic E-state index is 12.7. The van der Waals surface area contributed by atoms with E-state index in [0.717, 1.165) is 0 Å². The van der Waals surface area contributed by atoms with Crippen LogP contribution < -0.4 is 0 Å². The van der Waals surface area contributed by atoms with E-state index in [1.54, 1.807) is 11.6 Å². The van der Waals surface area contributed by atoms with Gasteiger partial charge in [0.2, 0.25) is 0 Å². The molecular weight excluding hydrogens is 223 g/mol. The lowest BCUT2D eigenvalue weighted by Gasteiger charge is -1.96. The summed E-state index contributed by atoms with van der Waals surface area (Å²) in [5.74, 6) is -0.550. The molecule has 4 heteroatoms. The van der Waals surface area contributed by atoms with Gasteiger partial charge < -0.3 is 4.57 Å². The molecule has 0 aromatic carbocycles. The van der Waals surface area contributed by atoms with Gasteiger partial charge in [-0.2, -0.15) is 0 Å². The van der Waals surface area contributed by atoms with E-state index in [4.69, 9.17) is 0 Å². The molecule has 1 aromatic heterocycles. The van der Waals surface area contributed by atoms with Crippen LogP contribution in [0.4, 0.5) is 4.39 Å². The van der Waals surface area contributed by atoms with Gasteiger partial charge in [-0.3, -0.25) is 0 Å². The quantitative estimate of drug-likeness (QED) is 0.765.